The van der Waals surface area contributed by atoms with E-state index in [1.807, 2.05) is 12.1 Å². The van der Waals surface area contributed by atoms with Gasteiger partial charge in [0.1, 0.15) is 6.10 Å². The summed E-state index contributed by atoms with van der Waals surface area (Å²) in [5, 5.41) is 6.43. The minimum absolute atomic E-state index is 0.229. The minimum atomic E-state index is -0.341. The maximum Gasteiger partial charge on any atom is 0.319 e. The number of urea groups is 1. The number of hydrogen-bond acceptors (Lipinski definition) is 4. The number of benzene rings is 1. The number of aromatic nitrogens is 1. The number of nitrogens with zero attached hydrogens (tertiary/aromatic N) is 2. The van der Waals surface area contributed by atoms with E-state index in [-0.39, 0.29) is 12.1 Å². The van der Waals surface area contributed by atoms with E-state index >= 15 is 0 Å². The molecule has 2 aliphatic rings. The van der Waals surface area contributed by atoms with Gasteiger partial charge in [-0.3, -0.25) is 0 Å². The van der Waals surface area contributed by atoms with Crippen LogP contribution >= 0.6 is 23.2 Å². The van der Waals surface area contributed by atoms with Gasteiger partial charge in [0, 0.05) is 54.2 Å². The fourth-order valence-electron chi connectivity index (χ4n) is 3.61. The molecule has 2 amide bonds. The molecular weight excluding hydrogens is 423 g/mol. The maximum absolute atomic E-state index is 12.1. The molecule has 0 radical (unpaired) electrons. The van der Waals surface area contributed by atoms with E-state index in [9.17, 15) is 4.79 Å². The third kappa shape index (κ3) is 6.49. The zero-order valence-electron chi connectivity index (χ0n) is 16.7. The average molecular weight is 449 g/mol. The second-order valence-corrected chi connectivity index (χ2v) is 8.90. The molecule has 6 nitrogen and oxygen atoms in total. The number of halogens is 2. The molecular formula is C22H26Cl2N4O2. The summed E-state index contributed by atoms with van der Waals surface area (Å²) in [5.74, 6) is 1.58. The van der Waals surface area contributed by atoms with Crippen molar-refractivity contribution in [1.29, 1.82) is 0 Å². The number of nitrogens with one attached hydrogen (secondary N) is 2. The summed E-state index contributed by atoms with van der Waals surface area (Å²) >= 11 is 11.9. The van der Waals surface area contributed by atoms with Gasteiger partial charge in [0.2, 0.25) is 5.88 Å². The molecule has 8 heteroatoms. The second kappa shape index (κ2) is 9.86. The summed E-state index contributed by atoms with van der Waals surface area (Å²) in [5.41, 5.74) is 1.43. The number of ether oxygens (including phenoxy) is 1. The van der Waals surface area contributed by atoms with E-state index in [1.165, 1.54) is 19.4 Å². The van der Waals surface area contributed by atoms with Crippen LogP contribution in [0.5, 0.6) is 5.88 Å². The molecule has 0 atom stereocenters. The Morgan fingerprint density at radius 1 is 1.10 bits per heavy atom. The van der Waals surface area contributed by atoms with Gasteiger partial charge in [-0.15, -0.1) is 0 Å². The second-order valence-electron chi connectivity index (χ2n) is 8.03. The Kier molecular flexibility index (Phi) is 6.97. The van der Waals surface area contributed by atoms with Crippen LogP contribution in [-0.2, 0) is 6.54 Å². The molecule has 0 bridgehead atoms. The Morgan fingerprint density at radius 3 is 2.47 bits per heavy atom. The van der Waals surface area contributed by atoms with Crippen LogP contribution in [0.2, 0.25) is 10.0 Å². The zero-order valence-corrected chi connectivity index (χ0v) is 18.3. The first-order chi connectivity index (χ1) is 14.5. The Morgan fingerprint density at radius 2 is 1.83 bits per heavy atom. The first-order valence-electron chi connectivity index (χ1n) is 10.4. The predicted molar refractivity (Wildman–Crippen MR) is 119 cm³/mol. The van der Waals surface area contributed by atoms with Crippen LogP contribution in [0.25, 0.3) is 0 Å². The van der Waals surface area contributed by atoms with Crippen molar-refractivity contribution < 1.29 is 9.53 Å². The Labute approximate surface area is 186 Å². The number of amides is 2. The van der Waals surface area contributed by atoms with Crippen LogP contribution in [0.15, 0.2) is 36.5 Å². The van der Waals surface area contributed by atoms with Crippen molar-refractivity contribution in [2.24, 2.45) is 5.92 Å². The summed E-state index contributed by atoms with van der Waals surface area (Å²) in [6, 6.07) is 8.32. The fourth-order valence-corrected chi connectivity index (χ4v) is 4.14. The maximum atomic E-state index is 12.1. The number of pyridine rings is 1. The first-order valence-corrected chi connectivity index (χ1v) is 11.1. The molecule has 1 aromatic carbocycles. The molecule has 2 aromatic rings. The lowest BCUT2D eigenvalue weighted by atomic mass is 10.1. The van der Waals surface area contributed by atoms with Crippen LogP contribution in [0.4, 0.5) is 10.5 Å². The van der Waals surface area contributed by atoms with Crippen molar-refractivity contribution in [3.63, 3.8) is 0 Å². The van der Waals surface area contributed by atoms with E-state index in [4.69, 9.17) is 27.9 Å². The van der Waals surface area contributed by atoms with Gasteiger partial charge in [0.05, 0.1) is 0 Å². The lowest BCUT2D eigenvalue weighted by Gasteiger charge is -2.31. The summed E-state index contributed by atoms with van der Waals surface area (Å²) in [6.07, 6.45) is 6.86. The summed E-state index contributed by atoms with van der Waals surface area (Å²) < 4.78 is 6.04. The van der Waals surface area contributed by atoms with E-state index in [2.05, 4.69) is 20.5 Å². The van der Waals surface area contributed by atoms with Gasteiger partial charge < -0.3 is 20.3 Å². The lowest BCUT2D eigenvalue weighted by molar-refractivity contribution is 0.0944. The highest BCUT2D eigenvalue weighted by Crippen LogP contribution is 2.31. The molecule has 1 aliphatic carbocycles. The quantitative estimate of drug-likeness (QED) is 0.627. The Balaban J connectivity index is 1.19. The van der Waals surface area contributed by atoms with Gasteiger partial charge in [0.15, 0.2) is 0 Å². The van der Waals surface area contributed by atoms with Crippen molar-refractivity contribution in [3.05, 3.63) is 52.1 Å². The molecule has 4 rings (SSSR count). The monoisotopic (exact) mass is 448 g/mol. The highest BCUT2D eigenvalue weighted by Gasteiger charge is 2.27. The molecule has 1 saturated heterocycles. The smallest absolute Gasteiger partial charge is 0.319 e. The highest BCUT2D eigenvalue weighted by atomic mass is 35.5. The minimum Gasteiger partial charge on any atom is -0.474 e. The van der Waals surface area contributed by atoms with Crippen LogP contribution in [0, 0.1) is 5.92 Å². The van der Waals surface area contributed by atoms with Crippen LogP contribution in [-0.4, -0.2) is 41.7 Å². The first kappa shape index (κ1) is 21.2. The molecule has 0 unspecified atom stereocenters. The molecule has 2 heterocycles. The van der Waals surface area contributed by atoms with Crippen molar-refractivity contribution in [2.75, 3.05) is 25.0 Å². The van der Waals surface area contributed by atoms with E-state index in [0.29, 0.717) is 28.2 Å². The molecule has 1 aromatic heterocycles. The number of hydrogen-bond donors (Lipinski definition) is 2. The summed E-state index contributed by atoms with van der Waals surface area (Å²) in [4.78, 5) is 19.0. The average Bonchev–Trinajstić information content (AvgIpc) is 3.52. The number of likely N-dealkylation sites (tertiary alicyclic amines) is 1. The number of anilines is 1. The van der Waals surface area contributed by atoms with Gasteiger partial charge in [0.25, 0.3) is 0 Å². The highest BCUT2D eigenvalue weighted by molar-refractivity contribution is 6.35. The van der Waals surface area contributed by atoms with Crippen molar-refractivity contribution in [1.82, 2.24) is 15.2 Å². The van der Waals surface area contributed by atoms with Gasteiger partial charge >= 0.3 is 6.03 Å². The third-order valence-electron chi connectivity index (χ3n) is 5.41. The van der Waals surface area contributed by atoms with Crippen molar-refractivity contribution in [3.8, 4) is 5.88 Å². The standard InChI is InChI=1S/C22H26Cl2N4O2/c23-17-9-18(24)11-19(10-17)27-22(29)26-13-16-3-4-21(25-12-16)30-20-5-7-28(8-6-20)14-15-1-2-15/h3-4,9-12,15,20H,1-2,5-8,13-14H2,(H2,26,27,29). The largest absolute Gasteiger partial charge is 0.474 e. The number of carbonyl (C=O) groups is 1. The molecule has 2 fully saturated rings. The van der Waals surface area contributed by atoms with Crippen molar-refractivity contribution in [2.45, 2.75) is 38.3 Å². The van der Waals surface area contributed by atoms with Gasteiger partial charge in [-0.25, -0.2) is 9.78 Å². The molecule has 160 valence electrons. The summed E-state index contributed by atoms with van der Waals surface area (Å²) in [7, 11) is 0. The fraction of sp³-hybridized carbons (Fsp3) is 0.455. The third-order valence-corrected chi connectivity index (χ3v) is 5.84. The van der Waals surface area contributed by atoms with Gasteiger partial charge in [-0.1, -0.05) is 29.3 Å². The Hall–Kier alpha value is -2.02. The molecule has 0 spiro atoms. The molecule has 2 N–H and O–H groups in total. The van der Waals surface area contributed by atoms with Crippen LogP contribution in [0.1, 0.15) is 31.2 Å². The number of piperidine rings is 1. The molecule has 1 aliphatic heterocycles. The summed E-state index contributed by atoms with van der Waals surface area (Å²) in [6.45, 7) is 3.82. The van der Waals surface area contributed by atoms with Gasteiger partial charge in [-0.05, 0) is 55.4 Å². The molecule has 1 saturated carbocycles. The van der Waals surface area contributed by atoms with Crippen LogP contribution < -0.4 is 15.4 Å². The number of carbonyl (C=O) groups excluding carboxylic acids is 1. The SMILES string of the molecule is O=C(NCc1ccc(OC2CCN(CC3CC3)CC2)nc1)Nc1cc(Cl)cc(Cl)c1. The van der Waals surface area contributed by atoms with E-state index in [0.717, 1.165) is 37.4 Å². The number of rotatable bonds is 7. The van der Waals surface area contributed by atoms with E-state index < -0.39 is 0 Å². The Bertz CT molecular complexity index is 846. The van der Waals surface area contributed by atoms with Crippen molar-refractivity contribution >= 4 is 34.9 Å². The van der Waals surface area contributed by atoms with Gasteiger partial charge in [-0.2, -0.15) is 0 Å². The topological polar surface area (TPSA) is 66.5 Å². The predicted octanol–water partition coefficient (Wildman–Crippen LogP) is 4.96. The van der Waals surface area contributed by atoms with E-state index in [1.54, 1.807) is 24.4 Å². The zero-order chi connectivity index (χ0) is 20.9. The lowest BCUT2D eigenvalue weighted by Crippen LogP contribution is -2.39. The normalized spacial score (nSPS) is 17.5. The van der Waals surface area contributed by atoms with Crippen LogP contribution in [0.3, 0.4) is 0 Å². The molecule has 30 heavy (non-hydrogen) atoms.